The van der Waals surface area contributed by atoms with Crippen molar-refractivity contribution in [3.63, 3.8) is 0 Å². The van der Waals surface area contributed by atoms with Crippen LogP contribution in [0.15, 0.2) is 24.3 Å². The quantitative estimate of drug-likeness (QED) is 0.647. The van der Waals surface area contributed by atoms with Crippen LogP contribution in [0.3, 0.4) is 0 Å². The van der Waals surface area contributed by atoms with Gasteiger partial charge in [-0.05, 0) is 19.1 Å². The zero-order chi connectivity index (χ0) is 15.2. The standard InChI is InChI=1S/C12H14N6O2S/c1-7(12-15-17-18-16-12)14-10(19)6-20-9-5-3-2-4-8(9)11(13)21/h2-5,7H,6H2,1H3,(H2,13,21)(H,14,19)(H,15,16,17,18). The maximum atomic E-state index is 11.8. The lowest BCUT2D eigenvalue weighted by Gasteiger charge is -2.12. The van der Waals surface area contributed by atoms with Crippen LogP contribution >= 0.6 is 12.2 Å². The molecule has 1 amide bonds. The summed E-state index contributed by atoms with van der Waals surface area (Å²) in [7, 11) is 0. The summed E-state index contributed by atoms with van der Waals surface area (Å²) in [6.07, 6.45) is 0. The molecule has 0 radical (unpaired) electrons. The van der Waals surface area contributed by atoms with E-state index in [0.29, 0.717) is 17.1 Å². The van der Waals surface area contributed by atoms with Crippen molar-refractivity contribution in [3.8, 4) is 5.75 Å². The molecule has 2 rings (SSSR count). The van der Waals surface area contributed by atoms with Gasteiger partial charge in [-0.2, -0.15) is 5.21 Å². The number of rotatable bonds is 6. The zero-order valence-electron chi connectivity index (χ0n) is 11.2. The molecule has 1 heterocycles. The van der Waals surface area contributed by atoms with Crippen molar-refractivity contribution in [2.24, 2.45) is 5.73 Å². The van der Waals surface area contributed by atoms with Crippen molar-refractivity contribution in [1.82, 2.24) is 25.9 Å². The highest BCUT2D eigenvalue weighted by Gasteiger charge is 2.14. The summed E-state index contributed by atoms with van der Waals surface area (Å²) in [6, 6.07) is 6.63. The van der Waals surface area contributed by atoms with Crippen LogP contribution < -0.4 is 15.8 Å². The van der Waals surface area contributed by atoms with Gasteiger partial charge in [-0.15, -0.1) is 10.2 Å². The number of ether oxygens (including phenoxy) is 1. The fourth-order valence-corrected chi connectivity index (χ4v) is 1.81. The van der Waals surface area contributed by atoms with Gasteiger partial charge in [-0.3, -0.25) is 4.79 Å². The lowest BCUT2D eigenvalue weighted by molar-refractivity contribution is -0.123. The van der Waals surface area contributed by atoms with Crippen molar-refractivity contribution in [2.45, 2.75) is 13.0 Å². The summed E-state index contributed by atoms with van der Waals surface area (Å²) in [6.45, 7) is 1.58. The fourth-order valence-electron chi connectivity index (χ4n) is 1.64. The Morgan fingerprint density at radius 3 is 2.95 bits per heavy atom. The molecule has 0 bridgehead atoms. The average Bonchev–Trinajstić information content (AvgIpc) is 2.99. The first-order valence-electron chi connectivity index (χ1n) is 6.12. The Bertz CT molecular complexity index is 630. The normalized spacial score (nSPS) is 11.7. The minimum absolute atomic E-state index is 0.165. The number of aromatic amines is 1. The molecule has 0 aliphatic rings. The van der Waals surface area contributed by atoms with Gasteiger partial charge in [0.1, 0.15) is 10.7 Å². The highest BCUT2D eigenvalue weighted by molar-refractivity contribution is 7.80. The second kappa shape index (κ2) is 6.75. The SMILES string of the molecule is CC(NC(=O)COc1ccccc1C(N)=S)c1nn[nH]n1. The number of nitrogens with two attached hydrogens (primary N) is 1. The van der Waals surface area contributed by atoms with Gasteiger partial charge < -0.3 is 15.8 Å². The molecule has 110 valence electrons. The van der Waals surface area contributed by atoms with Crippen LogP contribution in [0.4, 0.5) is 0 Å². The second-order valence-electron chi connectivity index (χ2n) is 4.21. The first-order chi connectivity index (χ1) is 10.1. The number of amides is 1. The molecule has 1 unspecified atom stereocenters. The van der Waals surface area contributed by atoms with Crippen molar-refractivity contribution in [2.75, 3.05) is 6.61 Å². The van der Waals surface area contributed by atoms with Crippen molar-refractivity contribution < 1.29 is 9.53 Å². The molecule has 0 aliphatic carbocycles. The third-order valence-electron chi connectivity index (χ3n) is 2.64. The first kappa shape index (κ1) is 14.9. The van der Waals surface area contributed by atoms with Gasteiger partial charge in [-0.25, -0.2) is 0 Å². The number of aromatic nitrogens is 4. The lowest BCUT2D eigenvalue weighted by atomic mass is 10.2. The molecule has 4 N–H and O–H groups in total. The molecule has 0 saturated heterocycles. The highest BCUT2D eigenvalue weighted by Crippen LogP contribution is 2.17. The van der Waals surface area contributed by atoms with Crippen molar-refractivity contribution in [1.29, 1.82) is 0 Å². The van der Waals surface area contributed by atoms with Gasteiger partial charge in [0.05, 0.1) is 11.6 Å². The highest BCUT2D eigenvalue weighted by atomic mass is 32.1. The number of benzene rings is 1. The predicted octanol–water partition coefficient (Wildman–Crippen LogP) is 0.0901. The van der Waals surface area contributed by atoms with Crippen molar-refractivity contribution >= 4 is 23.1 Å². The number of nitrogens with zero attached hydrogens (tertiary/aromatic N) is 3. The Kier molecular flexibility index (Phi) is 4.77. The Labute approximate surface area is 126 Å². The number of H-pyrrole nitrogens is 1. The van der Waals surface area contributed by atoms with E-state index in [1.807, 2.05) is 0 Å². The van der Waals surface area contributed by atoms with Crippen molar-refractivity contribution in [3.05, 3.63) is 35.7 Å². The monoisotopic (exact) mass is 306 g/mol. The molecule has 8 nitrogen and oxygen atoms in total. The number of nitrogens with one attached hydrogen (secondary N) is 2. The molecular weight excluding hydrogens is 292 g/mol. The van der Waals surface area contributed by atoms with E-state index in [1.54, 1.807) is 31.2 Å². The van der Waals surface area contributed by atoms with Crippen LogP contribution in [0, 0.1) is 0 Å². The maximum Gasteiger partial charge on any atom is 0.258 e. The summed E-state index contributed by atoms with van der Waals surface area (Å²) < 4.78 is 5.43. The van der Waals surface area contributed by atoms with Gasteiger partial charge in [-0.1, -0.05) is 29.6 Å². The molecule has 0 fully saturated rings. The zero-order valence-corrected chi connectivity index (χ0v) is 12.1. The van der Waals surface area contributed by atoms with Crippen LogP contribution in [-0.2, 0) is 4.79 Å². The Morgan fingerprint density at radius 2 is 2.29 bits per heavy atom. The van der Waals surface area contributed by atoms with E-state index in [0.717, 1.165) is 0 Å². The summed E-state index contributed by atoms with van der Waals surface area (Å²) in [4.78, 5) is 12.0. The number of thiocarbonyl (C=S) groups is 1. The molecule has 1 atom stereocenters. The topological polar surface area (TPSA) is 119 Å². The van der Waals surface area contributed by atoms with E-state index >= 15 is 0 Å². The minimum Gasteiger partial charge on any atom is -0.483 e. The molecule has 1 aromatic carbocycles. The molecule has 0 aliphatic heterocycles. The third kappa shape index (κ3) is 3.96. The number of carbonyl (C=O) groups is 1. The summed E-state index contributed by atoms with van der Waals surface area (Å²) in [5.41, 5.74) is 6.18. The number of carbonyl (C=O) groups excluding carboxylic acids is 1. The van der Waals surface area contributed by atoms with Gasteiger partial charge in [0.15, 0.2) is 12.4 Å². The fraction of sp³-hybridized carbons (Fsp3) is 0.250. The van der Waals surface area contributed by atoms with Crippen LogP contribution in [0.1, 0.15) is 24.4 Å². The summed E-state index contributed by atoms with van der Waals surface area (Å²) in [5, 5.41) is 16.0. The average molecular weight is 306 g/mol. The Hall–Kier alpha value is -2.55. The van der Waals surface area contributed by atoms with Gasteiger partial charge in [0.25, 0.3) is 5.91 Å². The molecule has 0 saturated carbocycles. The van der Waals surface area contributed by atoms with E-state index in [2.05, 4.69) is 25.9 Å². The molecule has 0 spiro atoms. The largest absolute Gasteiger partial charge is 0.483 e. The van der Waals surface area contributed by atoms with E-state index < -0.39 is 0 Å². The minimum atomic E-state index is -0.370. The van der Waals surface area contributed by atoms with Crippen LogP contribution in [0.25, 0.3) is 0 Å². The van der Waals surface area contributed by atoms with E-state index in [9.17, 15) is 4.79 Å². The van der Waals surface area contributed by atoms with Crippen LogP contribution in [0.2, 0.25) is 0 Å². The van der Waals surface area contributed by atoms with E-state index in [1.165, 1.54) is 0 Å². The third-order valence-corrected chi connectivity index (χ3v) is 2.86. The molecular formula is C12H14N6O2S. The molecule has 1 aromatic heterocycles. The van der Waals surface area contributed by atoms with Crippen LogP contribution in [0.5, 0.6) is 5.75 Å². The van der Waals surface area contributed by atoms with Gasteiger partial charge in [0, 0.05) is 0 Å². The molecule has 21 heavy (non-hydrogen) atoms. The molecule has 2 aromatic rings. The van der Waals surface area contributed by atoms with E-state index in [-0.39, 0.29) is 23.5 Å². The first-order valence-corrected chi connectivity index (χ1v) is 6.53. The number of tetrazole rings is 1. The number of para-hydroxylation sites is 1. The maximum absolute atomic E-state index is 11.8. The molecule has 9 heteroatoms. The smallest absolute Gasteiger partial charge is 0.258 e. The van der Waals surface area contributed by atoms with Crippen LogP contribution in [-0.4, -0.2) is 38.1 Å². The van der Waals surface area contributed by atoms with E-state index in [4.69, 9.17) is 22.7 Å². The van der Waals surface area contributed by atoms with Gasteiger partial charge >= 0.3 is 0 Å². The Balaban J connectivity index is 1.91. The Morgan fingerprint density at radius 1 is 1.52 bits per heavy atom. The number of hydrogen-bond acceptors (Lipinski definition) is 6. The summed E-state index contributed by atoms with van der Waals surface area (Å²) >= 11 is 4.92. The number of hydrogen-bond donors (Lipinski definition) is 3. The predicted molar refractivity (Wildman–Crippen MR) is 78.6 cm³/mol. The lowest BCUT2D eigenvalue weighted by Crippen LogP contribution is -2.32. The summed E-state index contributed by atoms with van der Waals surface area (Å²) in [5.74, 6) is 0.546. The second-order valence-corrected chi connectivity index (χ2v) is 4.65. The van der Waals surface area contributed by atoms with Gasteiger partial charge in [0.2, 0.25) is 0 Å².